The van der Waals surface area contributed by atoms with E-state index in [4.69, 9.17) is 0 Å². The van der Waals surface area contributed by atoms with Gasteiger partial charge in [0.05, 0.1) is 11.1 Å². The van der Waals surface area contributed by atoms with Gasteiger partial charge in [-0.15, -0.1) is 11.3 Å². The van der Waals surface area contributed by atoms with E-state index in [0.717, 1.165) is 29.2 Å². The topological polar surface area (TPSA) is 62.2 Å². The molecule has 1 aromatic carbocycles. The number of carbonyl (C=O) groups is 1. The van der Waals surface area contributed by atoms with Crippen LogP contribution in [0.15, 0.2) is 30.3 Å². The molecular formula is C15H10F2N2O2S. The number of carbonyl (C=O) groups excluding carboxylic acids is 1. The van der Waals surface area contributed by atoms with Crippen LogP contribution in [-0.2, 0) is 0 Å². The highest BCUT2D eigenvalue weighted by molar-refractivity contribution is 7.21. The average molecular weight is 320 g/mol. The van der Waals surface area contributed by atoms with Crippen LogP contribution in [0.1, 0.15) is 15.4 Å². The monoisotopic (exact) mass is 320 g/mol. The van der Waals surface area contributed by atoms with Crippen molar-refractivity contribution < 1.29 is 18.7 Å². The van der Waals surface area contributed by atoms with Gasteiger partial charge in [0, 0.05) is 11.8 Å². The smallest absolute Gasteiger partial charge is 0.269 e. The quantitative estimate of drug-likeness (QED) is 0.754. The second-order valence-corrected chi connectivity index (χ2v) is 5.66. The molecule has 0 spiro atoms. The van der Waals surface area contributed by atoms with E-state index in [0.29, 0.717) is 16.3 Å². The van der Waals surface area contributed by atoms with Gasteiger partial charge in [0.1, 0.15) is 27.1 Å². The van der Waals surface area contributed by atoms with Crippen molar-refractivity contribution in [3.05, 3.63) is 52.5 Å². The zero-order chi connectivity index (χ0) is 15.9. The molecule has 2 aromatic heterocycles. The number of hydrogen-bond acceptors (Lipinski definition) is 4. The Bertz CT molecular complexity index is 893. The van der Waals surface area contributed by atoms with Gasteiger partial charge in [-0.05, 0) is 31.2 Å². The lowest BCUT2D eigenvalue weighted by Gasteiger charge is -2.05. The van der Waals surface area contributed by atoms with Crippen LogP contribution in [0.25, 0.3) is 10.2 Å². The largest absolute Gasteiger partial charge is 0.506 e. The molecule has 112 valence electrons. The zero-order valence-electron chi connectivity index (χ0n) is 11.4. The van der Waals surface area contributed by atoms with Crippen molar-refractivity contribution in [2.24, 2.45) is 0 Å². The summed E-state index contributed by atoms with van der Waals surface area (Å²) >= 11 is 1.00. The Morgan fingerprint density at radius 1 is 1.27 bits per heavy atom. The summed E-state index contributed by atoms with van der Waals surface area (Å²) in [4.78, 5) is 16.9. The molecule has 3 rings (SSSR count). The second-order valence-electron chi connectivity index (χ2n) is 4.66. The summed E-state index contributed by atoms with van der Waals surface area (Å²) in [6, 6.07) is 6.21. The number of aryl methyl sites for hydroxylation is 1. The minimum atomic E-state index is -0.886. The molecule has 2 N–H and O–H groups in total. The highest BCUT2D eigenvalue weighted by Crippen LogP contribution is 2.36. The molecule has 0 atom stereocenters. The van der Waals surface area contributed by atoms with Gasteiger partial charge in [0.2, 0.25) is 0 Å². The predicted octanol–water partition coefficient (Wildman–Crippen LogP) is 3.84. The van der Waals surface area contributed by atoms with Gasteiger partial charge in [-0.1, -0.05) is 0 Å². The number of thiophene rings is 1. The summed E-state index contributed by atoms with van der Waals surface area (Å²) in [5.74, 6) is -2.50. The van der Waals surface area contributed by atoms with Gasteiger partial charge < -0.3 is 10.4 Å². The predicted molar refractivity (Wildman–Crippen MR) is 80.3 cm³/mol. The number of halogens is 2. The first-order chi connectivity index (χ1) is 10.5. The molecule has 0 aliphatic heterocycles. The maximum Gasteiger partial charge on any atom is 0.269 e. The normalized spacial score (nSPS) is 10.9. The number of pyridine rings is 1. The Labute approximate surface area is 128 Å². The summed E-state index contributed by atoms with van der Waals surface area (Å²) in [7, 11) is 0. The Hall–Kier alpha value is -2.54. The molecule has 2 heterocycles. The van der Waals surface area contributed by atoms with Gasteiger partial charge in [0.15, 0.2) is 0 Å². The lowest BCUT2D eigenvalue weighted by Crippen LogP contribution is -2.11. The lowest BCUT2D eigenvalue weighted by molar-refractivity contribution is 0.102. The second kappa shape index (κ2) is 5.34. The Kier molecular flexibility index (Phi) is 3.50. The molecule has 22 heavy (non-hydrogen) atoms. The molecule has 7 heteroatoms. The molecule has 0 bridgehead atoms. The van der Waals surface area contributed by atoms with Crippen LogP contribution in [0.4, 0.5) is 14.5 Å². The molecule has 0 saturated heterocycles. The van der Waals surface area contributed by atoms with Crippen LogP contribution in [0, 0.1) is 18.6 Å². The Morgan fingerprint density at radius 2 is 2.05 bits per heavy atom. The van der Waals surface area contributed by atoms with Crippen LogP contribution in [-0.4, -0.2) is 16.0 Å². The van der Waals surface area contributed by atoms with Gasteiger partial charge in [-0.3, -0.25) is 4.79 Å². The maximum absolute atomic E-state index is 13.6. The van der Waals surface area contributed by atoms with E-state index in [2.05, 4.69) is 10.3 Å². The lowest BCUT2D eigenvalue weighted by atomic mass is 10.2. The van der Waals surface area contributed by atoms with Crippen molar-refractivity contribution in [1.82, 2.24) is 4.98 Å². The van der Waals surface area contributed by atoms with E-state index in [1.165, 1.54) is 0 Å². The number of amides is 1. The van der Waals surface area contributed by atoms with Gasteiger partial charge >= 0.3 is 0 Å². The summed E-state index contributed by atoms with van der Waals surface area (Å²) in [5.41, 5.74) is 0.595. The minimum absolute atomic E-state index is 0.0248. The van der Waals surface area contributed by atoms with Gasteiger partial charge in [-0.2, -0.15) is 0 Å². The van der Waals surface area contributed by atoms with E-state index in [1.54, 1.807) is 19.1 Å². The first-order valence-electron chi connectivity index (χ1n) is 6.31. The molecule has 0 aliphatic carbocycles. The van der Waals surface area contributed by atoms with Crippen LogP contribution in [0.5, 0.6) is 5.75 Å². The third-order valence-electron chi connectivity index (χ3n) is 3.05. The first-order valence-corrected chi connectivity index (χ1v) is 7.13. The highest BCUT2D eigenvalue weighted by Gasteiger charge is 2.20. The van der Waals surface area contributed by atoms with E-state index < -0.39 is 17.5 Å². The summed E-state index contributed by atoms with van der Waals surface area (Å²) in [6.45, 7) is 1.80. The van der Waals surface area contributed by atoms with Crippen LogP contribution in [0.3, 0.4) is 0 Å². The molecule has 0 radical (unpaired) electrons. The Morgan fingerprint density at radius 3 is 2.77 bits per heavy atom. The van der Waals surface area contributed by atoms with Crippen LogP contribution < -0.4 is 5.32 Å². The summed E-state index contributed by atoms with van der Waals surface area (Å²) < 4.78 is 26.4. The van der Waals surface area contributed by atoms with Crippen LogP contribution >= 0.6 is 11.3 Å². The third kappa shape index (κ3) is 2.50. The number of fused-ring (bicyclic) bond motifs is 1. The number of hydrogen-bond donors (Lipinski definition) is 2. The zero-order valence-corrected chi connectivity index (χ0v) is 12.2. The molecule has 0 fully saturated rings. The number of anilines is 1. The van der Waals surface area contributed by atoms with Crippen molar-refractivity contribution >= 4 is 33.1 Å². The Balaban J connectivity index is 1.97. The van der Waals surface area contributed by atoms with Crippen molar-refractivity contribution in [3.8, 4) is 5.75 Å². The van der Waals surface area contributed by atoms with E-state index in [9.17, 15) is 18.7 Å². The van der Waals surface area contributed by atoms with Crippen molar-refractivity contribution in [3.63, 3.8) is 0 Å². The minimum Gasteiger partial charge on any atom is -0.506 e. The van der Waals surface area contributed by atoms with Crippen LogP contribution in [0.2, 0.25) is 0 Å². The fourth-order valence-electron chi connectivity index (χ4n) is 1.98. The van der Waals surface area contributed by atoms with E-state index in [-0.39, 0.29) is 16.3 Å². The number of aromatic nitrogens is 1. The van der Waals surface area contributed by atoms with Crippen molar-refractivity contribution in [2.75, 3.05) is 5.32 Å². The third-order valence-corrected chi connectivity index (χ3v) is 4.14. The first kappa shape index (κ1) is 14.4. The standard InChI is InChI=1S/C15H10F2N2O2S/c1-7-2-4-9-12(20)13(22-15(9)18-7)14(21)19-11-5-3-8(16)6-10(11)17/h2-6,20H,1H3,(H,19,21). The number of nitrogens with zero attached hydrogens (tertiary/aromatic N) is 1. The fraction of sp³-hybridized carbons (Fsp3) is 0.0667. The SMILES string of the molecule is Cc1ccc2c(O)c(C(=O)Nc3ccc(F)cc3F)sc2n1. The van der Waals surface area contributed by atoms with Crippen molar-refractivity contribution in [2.45, 2.75) is 6.92 Å². The molecule has 0 unspecified atom stereocenters. The summed E-state index contributed by atoms with van der Waals surface area (Å²) in [5, 5.41) is 12.9. The number of rotatable bonds is 2. The number of aromatic hydroxyl groups is 1. The fourth-order valence-corrected chi connectivity index (χ4v) is 2.99. The summed E-state index contributed by atoms with van der Waals surface area (Å²) in [6.07, 6.45) is 0. The molecule has 0 aliphatic rings. The number of benzene rings is 1. The maximum atomic E-state index is 13.6. The van der Waals surface area contributed by atoms with E-state index in [1.807, 2.05) is 0 Å². The average Bonchev–Trinajstić information content (AvgIpc) is 2.78. The molecule has 3 aromatic rings. The number of nitrogens with one attached hydrogen (secondary N) is 1. The van der Waals surface area contributed by atoms with E-state index >= 15 is 0 Å². The molecule has 1 amide bonds. The molecule has 4 nitrogen and oxygen atoms in total. The van der Waals surface area contributed by atoms with Crippen molar-refractivity contribution in [1.29, 1.82) is 0 Å². The molecule has 0 saturated carbocycles. The molecular weight excluding hydrogens is 310 g/mol. The highest BCUT2D eigenvalue weighted by atomic mass is 32.1. The van der Waals surface area contributed by atoms with Gasteiger partial charge in [0.25, 0.3) is 5.91 Å². The van der Waals surface area contributed by atoms with Gasteiger partial charge in [-0.25, -0.2) is 13.8 Å².